The number of benzene rings is 2. The number of thiazole rings is 1. The molecule has 1 heterocycles. The second-order valence-corrected chi connectivity index (χ2v) is 9.08. The molecule has 3 N–H and O–H groups in total. The van der Waals surface area contributed by atoms with Crippen molar-refractivity contribution in [1.29, 1.82) is 0 Å². The Kier molecular flexibility index (Phi) is 9.68. The molecule has 0 fully saturated rings. The van der Waals surface area contributed by atoms with Gasteiger partial charge in [0.25, 0.3) is 0 Å². The van der Waals surface area contributed by atoms with Crippen LogP contribution in [-0.2, 0) is 20.7 Å². The molecular weight excluding hydrogens is 492 g/mol. The third kappa shape index (κ3) is 8.01. The molecule has 11 heteroatoms. The Hall–Kier alpha value is -3.15. The van der Waals surface area contributed by atoms with Crippen LogP contribution in [0, 0.1) is 0 Å². The lowest BCUT2D eigenvalue weighted by Crippen LogP contribution is -2.19. The van der Waals surface area contributed by atoms with Crippen molar-refractivity contribution in [3.63, 3.8) is 0 Å². The normalized spacial score (nSPS) is 10.3. The number of nitrogens with one attached hydrogen (secondary N) is 3. The molecule has 178 valence electrons. The first kappa shape index (κ1) is 25.5. The van der Waals surface area contributed by atoms with E-state index in [1.807, 2.05) is 48.5 Å². The van der Waals surface area contributed by atoms with Gasteiger partial charge in [-0.25, -0.2) is 4.98 Å². The minimum atomic E-state index is -0.340. The number of hydrogen-bond donors (Lipinski definition) is 3. The fraction of sp³-hybridized carbons (Fsp3) is 0.217. The molecule has 0 saturated heterocycles. The minimum Gasteiger partial charge on any atom is -0.495 e. The van der Waals surface area contributed by atoms with E-state index in [9.17, 15) is 9.59 Å². The van der Waals surface area contributed by atoms with E-state index in [4.69, 9.17) is 21.7 Å². The molecule has 0 aliphatic heterocycles. The molecule has 0 spiro atoms. The molecule has 3 rings (SSSR count). The van der Waals surface area contributed by atoms with Gasteiger partial charge < -0.3 is 25.4 Å². The van der Waals surface area contributed by atoms with Gasteiger partial charge in [0.1, 0.15) is 5.75 Å². The van der Waals surface area contributed by atoms with Gasteiger partial charge in [-0.2, -0.15) is 0 Å². The number of hydrogen-bond acceptors (Lipinski definition) is 8. The third-order valence-electron chi connectivity index (χ3n) is 4.25. The maximum atomic E-state index is 12.3. The number of aromatic nitrogens is 1. The van der Waals surface area contributed by atoms with Gasteiger partial charge in [-0.1, -0.05) is 18.2 Å². The van der Waals surface area contributed by atoms with E-state index in [0.29, 0.717) is 28.3 Å². The summed E-state index contributed by atoms with van der Waals surface area (Å²) in [6.07, 6.45) is 0.0858. The van der Waals surface area contributed by atoms with Gasteiger partial charge in [0.15, 0.2) is 10.2 Å². The molecule has 8 nitrogen and oxygen atoms in total. The van der Waals surface area contributed by atoms with Gasteiger partial charge in [0.05, 0.1) is 37.3 Å². The number of methoxy groups -OCH3 is 1. The van der Waals surface area contributed by atoms with E-state index in [-0.39, 0.29) is 24.1 Å². The van der Waals surface area contributed by atoms with Crippen LogP contribution < -0.4 is 20.7 Å². The van der Waals surface area contributed by atoms with Crippen molar-refractivity contribution in [3.05, 3.63) is 59.6 Å². The SMILES string of the molecule is CCOC(=O)Cc1csc(NC(=O)CSc2cccc(NC(=S)Nc3ccccc3OC)c2)n1. The number of ether oxygens (including phenoxy) is 2. The summed E-state index contributed by atoms with van der Waals surface area (Å²) < 4.78 is 10.2. The molecule has 0 radical (unpaired) electrons. The highest BCUT2D eigenvalue weighted by Crippen LogP contribution is 2.25. The van der Waals surface area contributed by atoms with Crippen LogP contribution >= 0.6 is 35.3 Å². The summed E-state index contributed by atoms with van der Waals surface area (Å²) in [7, 11) is 1.60. The average molecular weight is 517 g/mol. The Morgan fingerprint density at radius 3 is 2.74 bits per heavy atom. The molecule has 0 aliphatic carbocycles. The number of nitrogens with zero attached hydrogens (tertiary/aromatic N) is 1. The van der Waals surface area contributed by atoms with Gasteiger partial charge in [0, 0.05) is 16.0 Å². The Labute approximate surface area is 211 Å². The number of anilines is 3. The Morgan fingerprint density at radius 1 is 1.12 bits per heavy atom. The van der Waals surface area contributed by atoms with Gasteiger partial charge in [-0.05, 0) is 49.5 Å². The zero-order valence-electron chi connectivity index (χ0n) is 18.6. The Morgan fingerprint density at radius 2 is 1.94 bits per heavy atom. The zero-order chi connectivity index (χ0) is 24.3. The predicted octanol–water partition coefficient (Wildman–Crippen LogP) is 4.80. The maximum absolute atomic E-state index is 12.3. The van der Waals surface area contributed by atoms with Crippen LogP contribution in [0.25, 0.3) is 0 Å². The van der Waals surface area contributed by atoms with Crippen molar-refractivity contribution >= 4 is 68.8 Å². The molecule has 0 unspecified atom stereocenters. The van der Waals surface area contributed by atoms with E-state index in [1.165, 1.54) is 23.1 Å². The van der Waals surface area contributed by atoms with Crippen LogP contribution in [0.5, 0.6) is 5.75 Å². The van der Waals surface area contributed by atoms with Crippen molar-refractivity contribution in [2.24, 2.45) is 0 Å². The number of rotatable bonds is 10. The average Bonchev–Trinajstić information content (AvgIpc) is 3.24. The quantitative estimate of drug-likeness (QED) is 0.199. The second-order valence-electron chi connectivity index (χ2n) is 6.77. The molecule has 0 bridgehead atoms. The van der Waals surface area contributed by atoms with Crippen molar-refractivity contribution < 1.29 is 19.1 Å². The lowest BCUT2D eigenvalue weighted by molar-refractivity contribution is -0.142. The highest BCUT2D eigenvalue weighted by Gasteiger charge is 2.11. The van der Waals surface area contributed by atoms with Crippen molar-refractivity contribution in [2.45, 2.75) is 18.2 Å². The van der Waals surface area contributed by atoms with Crippen molar-refractivity contribution in [2.75, 3.05) is 35.4 Å². The smallest absolute Gasteiger partial charge is 0.311 e. The zero-order valence-corrected chi connectivity index (χ0v) is 21.1. The first-order valence-corrected chi connectivity index (χ1v) is 12.6. The van der Waals surface area contributed by atoms with Crippen LogP contribution in [0.2, 0.25) is 0 Å². The summed E-state index contributed by atoms with van der Waals surface area (Å²) in [6, 6.07) is 15.1. The van der Waals surface area contributed by atoms with E-state index in [0.717, 1.165) is 16.3 Å². The number of para-hydroxylation sites is 2. The van der Waals surface area contributed by atoms with Crippen LogP contribution in [0.3, 0.4) is 0 Å². The molecule has 2 aromatic carbocycles. The standard InChI is InChI=1S/C23H24N4O4S3/c1-3-31-21(29)12-16-13-34-23(25-16)27-20(28)14-33-17-8-6-7-15(11-17)24-22(32)26-18-9-4-5-10-19(18)30-2/h4-11,13H,3,12,14H2,1-2H3,(H2,24,26,32)(H,25,27,28). The summed E-state index contributed by atoms with van der Waals surface area (Å²) in [6.45, 7) is 2.08. The van der Waals surface area contributed by atoms with Gasteiger partial charge in [-0.3, -0.25) is 9.59 Å². The van der Waals surface area contributed by atoms with Gasteiger partial charge in [-0.15, -0.1) is 23.1 Å². The van der Waals surface area contributed by atoms with E-state index in [1.54, 1.807) is 19.4 Å². The predicted molar refractivity (Wildman–Crippen MR) is 141 cm³/mol. The van der Waals surface area contributed by atoms with E-state index >= 15 is 0 Å². The van der Waals surface area contributed by atoms with Crippen LogP contribution in [0.1, 0.15) is 12.6 Å². The first-order valence-electron chi connectivity index (χ1n) is 10.3. The first-order chi connectivity index (χ1) is 16.5. The fourth-order valence-electron chi connectivity index (χ4n) is 2.81. The topological polar surface area (TPSA) is 102 Å². The molecule has 0 atom stereocenters. The summed E-state index contributed by atoms with van der Waals surface area (Å²) in [5.41, 5.74) is 2.13. The third-order valence-corrected chi connectivity index (χ3v) is 6.25. The summed E-state index contributed by atoms with van der Waals surface area (Å²) in [4.78, 5) is 29.0. The Bertz CT molecular complexity index is 1150. The molecule has 3 aromatic rings. The van der Waals surface area contributed by atoms with Crippen molar-refractivity contribution in [1.82, 2.24) is 4.98 Å². The highest BCUT2D eigenvalue weighted by atomic mass is 32.2. The minimum absolute atomic E-state index is 0.0858. The number of esters is 1. The van der Waals surface area contributed by atoms with Gasteiger partial charge in [0.2, 0.25) is 5.91 Å². The second kappa shape index (κ2) is 12.9. The maximum Gasteiger partial charge on any atom is 0.311 e. The van der Waals surface area contributed by atoms with Crippen LogP contribution in [0.4, 0.5) is 16.5 Å². The number of thiocarbonyl (C=S) groups is 1. The molecular formula is C23H24N4O4S3. The molecule has 0 aliphatic rings. The lowest BCUT2D eigenvalue weighted by Gasteiger charge is -2.13. The van der Waals surface area contributed by atoms with Gasteiger partial charge >= 0.3 is 5.97 Å². The number of thioether (sulfide) groups is 1. The van der Waals surface area contributed by atoms with E-state index in [2.05, 4.69) is 20.9 Å². The summed E-state index contributed by atoms with van der Waals surface area (Å²) in [5, 5.41) is 11.6. The number of amides is 1. The van der Waals surface area contributed by atoms with Crippen LogP contribution in [-0.4, -0.2) is 41.4 Å². The largest absolute Gasteiger partial charge is 0.495 e. The lowest BCUT2D eigenvalue weighted by atomic mass is 10.3. The summed E-state index contributed by atoms with van der Waals surface area (Å²) in [5.74, 6) is 0.372. The molecule has 34 heavy (non-hydrogen) atoms. The highest BCUT2D eigenvalue weighted by molar-refractivity contribution is 8.00. The van der Waals surface area contributed by atoms with Crippen molar-refractivity contribution in [3.8, 4) is 5.75 Å². The number of carbonyl (C=O) groups excluding carboxylic acids is 2. The fourth-order valence-corrected chi connectivity index (χ4v) is 4.52. The Balaban J connectivity index is 1.48. The molecule has 0 saturated carbocycles. The summed E-state index contributed by atoms with van der Waals surface area (Å²) >= 11 is 8.07. The molecule has 1 aromatic heterocycles. The van der Waals surface area contributed by atoms with E-state index < -0.39 is 0 Å². The molecule has 1 amide bonds. The number of carbonyl (C=O) groups is 2. The monoisotopic (exact) mass is 516 g/mol. The van der Waals surface area contributed by atoms with Crippen LogP contribution in [0.15, 0.2) is 58.8 Å².